The molecule has 1 N–H and O–H groups in total. The minimum Gasteiger partial charge on any atom is -0.305 e. The van der Waals surface area contributed by atoms with Gasteiger partial charge in [-0.2, -0.15) is 5.10 Å². The summed E-state index contributed by atoms with van der Waals surface area (Å²) in [6.45, 7) is 5.63. The number of carbonyl (C=O) groups excluding carboxylic acids is 1. The molecule has 0 aliphatic carbocycles. The normalized spacial score (nSPS) is 11.0. The molecular formula is C18H18N4O2. The molecule has 0 radical (unpaired) electrons. The lowest BCUT2D eigenvalue weighted by Crippen LogP contribution is -2.29. The first-order valence-electron chi connectivity index (χ1n) is 7.73. The molecule has 3 rings (SSSR count). The third-order valence-corrected chi connectivity index (χ3v) is 3.69. The van der Waals surface area contributed by atoms with E-state index in [4.69, 9.17) is 0 Å². The first-order chi connectivity index (χ1) is 11.5. The van der Waals surface area contributed by atoms with Gasteiger partial charge in [-0.3, -0.25) is 9.59 Å². The Morgan fingerprint density at radius 1 is 1.17 bits per heavy atom. The number of amides is 1. The molecule has 0 unspecified atom stereocenters. The third kappa shape index (κ3) is 2.90. The number of fused-ring (bicyclic) bond motifs is 1. The maximum atomic E-state index is 12.7. The first-order valence-corrected chi connectivity index (χ1v) is 7.73. The fourth-order valence-electron chi connectivity index (χ4n) is 2.50. The zero-order valence-corrected chi connectivity index (χ0v) is 13.8. The second-order valence-corrected chi connectivity index (χ2v) is 5.91. The number of anilines is 1. The number of carbonyl (C=O) groups is 1. The SMILES string of the molecule is Cc1ccnc(NC(=O)c2nn(C(C)C)c(=O)c3ccccc23)c1. The molecule has 1 amide bonds. The molecule has 0 aliphatic heterocycles. The van der Waals surface area contributed by atoms with E-state index in [1.165, 1.54) is 4.68 Å². The molecule has 6 heteroatoms. The molecule has 0 saturated heterocycles. The largest absolute Gasteiger partial charge is 0.305 e. The molecule has 0 saturated carbocycles. The number of pyridine rings is 1. The predicted octanol–water partition coefficient (Wildman–Crippen LogP) is 2.93. The Balaban J connectivity index is 2.13. The number of rotatable bonds is 3. The van der Waals surface area contributed by atoms with E-state index in [0.29, 0.717) is 16.6 Å². The summed E-state index contributed by atoms with van der Waals surface area (Å²) in [6, 6.07) is 10.5. The minimum absolute atomic E-state index is 0.147. The minimum atomic E-state index is -0.390. The fourth-order valence-corrected chi connectivity index (χ4v) is 2.50. The Hall–Kier alpha value is -3.02. The van der Waals surface area contributed by atoms with Crippen LogP contribution in [0.3, 0.4) is 0 Å². The quantitative estimate of drug-likeness (QED) is 0.804. The van der Waals surface area contributed by atoms with Gasteiger partial charge in [-0.1, -0.05) is 18.2 Å². The highest BCUT2D eigenvalue weighted by atomic mass is 16.2. The Labute approximate surface area is 139 Å². The van der Waals surface area contributed by atoms with Crippen LogP contribution in [0.2, 0.25) is 0 Å². The average Bonchev–Trinajstić information content (AvgIpc) is 2.55. The van der Waals surface area contributed by atoms with Crippen LogP contribution >= 0.6 is 0 Å². The summed E-state index contributed by atoms with van der Waals surface area (Å²) in [5.41, 5.74) is 0.998. The van der Waals surface area contributed by atoms with E-state index >= 15 is 0 Å². The summed E-state index contributed by atoms with van der Waals surface area (Å²) in [7, 11) is 0. The van der Waals surface area contributed by atoms with Crippen molar-refractivity contribution < 1.29 is 4.79 Å². The topological polar surface area (TPSA) is 76.9 Å². The highest BCUT2D eigenvalue weighted by Gasteiger charge is 2.18. The maximum absolute atomic E-state index is 12.7. The summed E-state index contributed by atoms with van der Waals surface area (Å²) >= 11 is 0. The van der Waals surface area contributed by atoms with Crippen LogP contribution in [0.1, 0.15) is 35.9 Å². The van der Waals surface area contributed by atoms with Crippen molar-refractivity contribution in [2.75, 3.05) is 5.32 Å². The number of hydrogen-bond acceptors (Lipinski definition) is 4. The number of nitrogens with zero attached hydrogens (tertiary/aromatic N) is 3. The van der Waals surface area contributed by atoms with E-state index in [-0.39, 0.29) is 17.3 Å². The van der Waals surface area contributed by atoms with Crippen molar-refractivity contribution in [1.29, 1.82) is 0 Å². The second-order valence-electron chi connectivity index (χ2n) is 5.91. The van der Waals surface area contributed by atoms with Gasteiger partial charge in [0.1, 0.15) is 5.82 Å². The van der Waals surface area contributed by atoms with Crippen molar-refractivity contribution in [2.45, 2.75) is 26.8 Å². The third-order valence-electron chi connectivity index (χ3n) is 3.69. The van der Waals surface area contributed by atoms with Crippen molar-refractivity contribution in [2.24, 2.45) is 0 Å². The zero-order chi connectivity index (χ0) is 17.3. The number of hydrogen-bond donors (Lipinski definition) is 1. The van der Waals surface area contributed by atoms with Gasteiger partial charge in [0.25, 0.3) is 11.5 Å². The van der Waals surface area contributed by atoms with Gasteiger partial charge in [0.05, 0.1) is 11.4 Å². The molecule has 24 heavy (non-hydrogen) atoms. The molecule has 3 aromatic rings. The number of aromatic nitrogens is 3. The highest BCUT2D eigenvalue weighted by Crippen LogP contribution is 2.16. The van der Waals surface area contributed by atoms with Crippen LogP contribution in [0.25, 0.3) is 10.8 Å². The number of nitrogens with one attached hydrogen (secondary N) is 1. The van der Waals surface area contributed by atoms with Gasteiger partial charge in [-0.15, -0.1) is 0 Å². The Morgan fingerprint density at radius 3 is 2.54 bits per heavy atom. The van der Waals surface area contributed by atoms with Crippen molar-refractivity contribution in [3.63, 3.8) is 0 Å². The lowest BCUT2D eigenvalue weighted by Gasteiger charge is -2.13. The monoisotopic (exact) mass is 322 g/mol. The van der Waals surface area contributed by atoms with Gasteiger partial charge in [-0.25, -0.2) is 9.67 Å². The molecule has 0 bridgehead atoms. The smallest absolute Gasteiger partial charge is 0.277 e. The Morgan fingerprint density at radius 2 is 1.88 bits per heavy atom. The van der Waals surface area contributed by atoms with Crippen molar-refractivity contribution in [3.8, 4) is 0 Å². The van der Waals surface area contributed by atoms with Gasteiger partial charge in [0.2, 0.25) is 0 Å². The predicted molar refractivity (Wildman–Crippen MR) is 93.3 cm³/mol. The molecule has 0 aliphatic rings. The van der Waals surface area contributed by atoms with Crippen LogP contribution < -0.4 is 10.9 Å². The molecule has 0 spiro atoms. The highest BCUT2D eigenvalue weighted by molar-refractivity contribution is 6.10. The van der Waals surface area contributed by atoms with E-state index in [0.717, 1.165) is 5.56 Å². The van der Waals surface area contributed by atoms with E-state index in [1.54, 1.807) is 36.5 Å². The van der Waals surface area contributed by atoms with Crippen LogP contribution in [0.15, 0.2) is 47.4 Å². The van der Waals surface area contributed by atoms with Crippen LogP contribution in [0.5, 0.6) is 0 Å². The van der Waals surface area contributed by atoms with E-state index < -0.39 is 5.91 Å². The Bertz CT molecular complexity index is 976. The first kappa shape index (κ1) is 15.9. The van der Waals surface area contributed by atoms with Gasteiger partial charge < -0.3 is 5.32 Å². The standard InChI is InChI=1S/C18H18N4O2/c1-11(2)22-18(24)14-7-5-4-6-13(14)16(21-22)17(23)20-15-10-12(3)8-9-19-15/h4-11H,1-3H3,(H,19,20,23). The van der Waals surface area contributed by atoms with E-state index in [2.05, 4.69) is 15.4 Å². The lowest BCUT2D eigenvalue weighted by molar-refractivity contribution is 0.102. The summed E-state index contributed by atoms with van der Waals surface area (Å²) in [6.07, 6.45) is 1.63. The summed E-state index contributed by atoms with van der Waals surface area (Å²) in [4.78, 5) is 29.3. The molecule has 0 atom stereocenters. The average molecular weight is 322 g/mol. The van der Waals surface area contributed by atoms with Crippen LogP contribution in [-0.4, -0.2) is 20.7 Å². The zero-order valence-electron chi connectivity index (χ0n) is 13.8. The Kier molecular flexibility index (Phi) is 4.12. The van der Waals surface area contributed by atoms with Crippen molar-refractivity contribution >= 4 is 22.5 Å². The molecule has 0 fully saturated rings. The molecule has 122 valence electrons. The van der Waals surface area contributed by atoms with E-state index in [1.807, 2.05) is 26.8 Å². The van der Waals surface area contributed by atoms with Crippen LogP contribution in [0, 0.1) is 6.92 Å². The molecule has 1 aromatic carbocycles. The lowest BCUT2D eigenvalue weighted by atomic mass is 10.1. The summed E-state index contributed by atoms with van der Waals surface area (Å²) < 4.78 is 1.33. The molecule has 6 nitrogen and oxygen atoms in total. The fraction of sp³-hybridized carbons (Fsp3) is 0.222. The van der Waals surface area contributed by atoms with Gasteiger partial charge in [0.15, 0.2) is 5.69 Å². The van der Waals surface area contributed by atoms with E-state index in [9.17, 15) is 9.59 Å². The van der Waals surface area contributed by atoms with Gasteiger partial charge in [-0.05, 0) is 44.5 Å². The summed E-state index contributed by atoms with van der Waals surface area (Å²) in [5, 5.41) is 8.04. The number of aryl methyl sites for hydroxylation is 1. The van der Waals surface area contributed by atoms with Crippen LogP contribution in [0.4, 0.5) is 5.82 Å². The number of benzene rings is 1. The second kappa shape index (κ2) is 6.23. The maximum Gasteiger partial charge on any atom is 0.277 e. The summed E-state index contributed by atoms with van der Waals surface area (Å²) in [5.74, 6) is 0.0619. The van der Waals surface area contributed by atoms with Gasteiger partial charge in [0, 0.05) is 11.6 Å². The van der Waals surface area contributed by atoms with Crippen LogP contribution in [-0.2, 0) is 0 Å². The molecule has 2 heterocycles. The van der Waals surface area contributed by atoms with Gasteiger partial charge >= 0.3 is 0 Å². The van der Waals surface area contributed by atoms with Crippen molar-refractivity contribution in [3.05, 3.63) is 64.2 Å². The molecule has 2 aromatic heterocycles. The van der Waals surface area contributed by atoms with Crippen molar-refractivity contribution in [1.82, 2.24) is 14.8 Å². The molecular weight excluding hydrogens is 304 g/mol.